The molecule has 0 heterocycles. The normalized spacial score (nSPS) is 18.4. The van der Waals surface area contributed by atoms with E-state index in [1.54, 1.807) is 0 Å². The molecule has 6 heteroatoms. The van der Waals surface area contributed by atoms with Gasteiger partial charge in [-0.15, -0.1) is 0 Å². The summed E-state index contributed by atoms with van der Waals surface area (Å²) in [5.41, 5.74) is -0.206. The molecule has 0 aromatic carbocycles. The van der Waals surface area contributed by atoms with Crippen molar-refractivity contribution in [1.82, 2.24) is 4.72 Å². The summed E-state index contributed by atoms with van der Waals surface area (Å²) in [5.74, 6) is -0.0118. The molecule has 0 radical (unpaired) electrons. The van der Waals surface area contributed by atoms with Crippen molar-refractivity contribution in [3.63, 3.8) is 0 Å². The van der Waals surface area contributed by atoms with E-state index in [2.05, 4.69) is 4.72 Å². The van der Waals surface area contributed by atoms with E-state index in [0.29, 0.717) is 13.0 Å². The molecule has 1 aliphatic carbocycles. The smallest absolute Gasteiger partial charge is 0.211 e. The Kier molecular flexibility index (Phi) is 4.08. The van der Waals surface area contributed by atoms with Crippen LogP contribution in [0.15, 0.2) is 0 Å². The Hall–Kier alpha value is -0.640. The molecule has 0 aliphatic heterocycles. The van der Waals surface area contributed by atoms with Crippen LogP contribution in [0.4, 0.5) is 0 Å². The molecule has 1 aliphatic rings. The third-order valence-electron chi connectivity index (χ3n) is 2.66. The first-order valence-corrected chi connectivity index (χ1v) is 6.64. The lowest BCUT2D eigenvalue weighted by molar-refractivity contribution is 0.213. The number of nitrogens with one attached hydrogen (secondary N) is 1. The number of aliphatic hydroxyl groups is 1. The minimum Gasteiger partial charge on any atom is -0.396 e. The van der Waals surface area contributed by atoms with Gasteiger partial charge in [0.25, 0.3) is 0 Å². The van der Waals surface area contributed by atoms with Crippen molar-refractivity contribution in [3.8, 4) is 6.07 Å². The van der Waals surface area contributed by atoms with Gasteiger partial charge in [0.2, 0.25) is 10.0 Å². The molecule has 0 unspecified atom stereocenters. The first-order chi connectivity index (χ1) is 7.04. The minimum atomic E-state index is -3.27. The third-order valence-corrected chi connectivity index (χ3v) is 4.07. The maximum Gasteiger partial charge on any atom is 0.211 e. The molecule has 0 aromatic heterocycles. The third kappa shape index (κ3) is 4.16. The second kappa shape index (κ2) is 4.92. The number of hydrogen-bond acceptors (Lipinski definition) is 4. The summed E-state index contributed by atoms with van der Waals surface area (Å²) in [6.45, 7) is 0.353. The Morgan fingerprint density at radius 2 is 2.13 bits per heavy atom. The number of rotatable bonds is 7. The van der Waals surface area contributed by atoms with Gasteiger partial charge in [0.15, 0.2) is 0 Å². The molecule has 1 rings (SSSR count). The second-order valence-electron chi connectivity index (χ2n) is 4.06. The first kappa shape index (κ1) is 12.4. The average molecular weight is 232 g/mol. The molecule has 0 spiro atoms. The van der Waals surface area contributed by atoms with E-state index >= 15 is 0 Å². The molecule has 0 atom stereocenters. The summed E-state index contributed by atoms with van der Waals surface area (Å²) < 4.78 is 25.3. The van der Waals surface area contributed by atoms with Crippen LogP contribution < -0.4 is 4.72 Å². The quantitative estimate of drug-likeness (QED) is 0.604. The van der Waals surface area contributed by atoms with Crippen LogP contribution in [0.3, 0.4) is 0 Å². The zero-order valence-corrected chi connectivity index (χ0v) is 9.39. The lowest BCUT2D eigenvalue weighted by Gasteiger charge is -2.12. The monoisotopic (exact) mass is 232 g/mol. The van der Waals surface area contributed by atoms with E-state index in [4.69, 9.17) is 10.4 Å². The first-order valence-electron chi connectivity index (χ1n) is 4.99. The Morgan fingerprint density at radius 3 is 2.60 bits per heavy atom. The summed E-state index contributed by atoms with van der Waals surface area (Å²) in [4.78, 5) is 0. The number of sulfonamides is 1. The van der Waals surface area contributed by atoms with Gasteiger partial charge in [-0.1, -0.05) is 0 Å². The van der Waals surface area contributed by atoms with Gasteiger partial charge < -0.3 is 5.11 Å². The fraction of sp³-hybridized carbons (Fsp3) is 0.889. The molecule has 2 N–H and O–H groups in total. The SMILES string of the molecule is N#CCCCS(=O)(=O)NCC1(CO)CC1. The summed E-state index contributed by atoms with van der Waals surface area (Å²) in [7, 11) is -3.27. The van der Waals surface area contributed by atoms with Crippen molar-refractivity contribution < 1.29 is 13.5 Å². The molecule has 1 fully saturated rings. The van der Waals surface area contributed by atoms with E-state index in [9.17, 15) is 8.42 Å². The molecule has 0 aromatic rings. The van der Waals surface area contributed by atoms with Gasteiger partial charge >= 0.3 is 0 Å². The number of unbranched alkanes of at least 4 members (excludes halogenated alkanes) is 1. The lowest BCUT2D eigenvalue weighted by Crippen LogP contribution is -2.33. The van der Waals surface area contributed by atoms with E-state index in [0.717, 1.165) is 12.8 Å². The Balaban J connectivity index is 2.28. The number of aliphatic hydroxyl groups excluding tert-OH is 1. The fourth-order valence-corrected chi connectivity index (χ4v) is 2.44. The molecule has 86 valence electrons. The van der Waals surface area contributed by atoms with Crippen LogP contribution in [0, 0.1) is 16.7 Å². The van der Waals surface area contributed by atoms with E-state index in [-0.39, 0.29) is 24.2 Å². The molecule has 0 bridgehead atoms. The zero-order chi connectivity index (χ0) is 11.4. The Bertz CT molecular complexity index is 341. The van der Waals surface area contributed by atoms with Gasteiger partial charge in [0, 0.05) is 25.0 Å². The highest BCUT2D eigenvalue weighted by Gasteiger charge is 2.42. The summed E-state index contributed by atoms with van der Waals surface area (Å²) in [6.07, 6.45) is 2.37. The minimum absolute atomic E-state index is 0.0118. The average Bonchev–Trinajstić information content (AvgIpc) is 2.96. The van der Waals surface area contributed by atoms with Gasteiger partial charge in [0.1, 0.15) is 0 Å². The molecule has 0 saturated heterocycles. The predicted molar refractivity (Wildman–Crippen MR) is 55.4 cm³/mol. The van der Waals surface area contributed by atoms with Crippen molar-refractivity contribution in [2.45, 2.75) is 25.7 Å². The highest BCUT2D eigenvalue weighted by atomic mass is 32.2. The topological polar surface area (TPSA) is 90.2 Å². The van der Waals surface area contributed by atoms with Crippen LogP contribution in [0.5, 0.6) is 0 Å². The molecule has 0 amide bonds. The maximum absolute atomic E-state index is 11.4. The van der Waals surface area contributed by atoms with Gasteiger partial charge in [-0.3, -0.25) is 0 Å². The fourth-order valence-electron chi connectivity index (χ4n) is 1.24. The molecule has 15 heavy (non-hydrogen) atoms. The van der Waals surface area contributed by atoms with Crippen LogP contribution in [-0.2, 0) is 10.0 Å². The highest BCUT2D eigenvalue weighted by Crippen LogP contribution is 2.44. The summed E-state index contributed by atoms with van der Waals surface area (Å²) >= 11 is 0. The summed E-state index contributed by atoms with van der Waals surface area (Å²) in [6, 6.07) is 1.90. The Labute approximate surface area is 90.2 Å². The highest BCUT2D eigenvalue weighted by molar-refractivity contribution is 7.89. The number of nitrogens with zero attached hydrogens (tertiary/aromatic N) is 1. The van der Waals surface area contributed by atoms with Crippen molar-refractivity contribution >= 4 is 10.0 Å². The Morgan fingerprint density at radius 1 is 1.47 bits per heavy atom. The van der Waals surface area contributed by atoms with Crippen LogP contribution >= 0.6 is 0 Å². The molecular formula is C9H16N2O3S. The molecule has 1 saturated carbocycles. The van der Waals surface area contributed by atoms with Gasteiger partial charge in [-0.2, -0.15) is 5.26 Å². The van der Waals surface area contributed by atoms with Crippen LogP contribution in [-0.4, -0.2) is 32.4 Å². The van der Waals surface area contributed by atoms with Gasteiger partial charge in [-0.25, -0.2) is 13.1 Å². The largest absolute Gasteiger partial charge is 0.396 e. The predicted octanol–water partition coefficient (Wildman–Crippen LogP) is -0.0179. The van der Waals surface area contributed by atoms with Crippen molar-refractivity contribution in [2.75, 3.05) is 18.9 Å². The van der Waals surface area contributed by atoms with Crippen molar-refractivity contribution in [3.05, 3.63) is 0 Å². The second-order valence-corrected chi connectivity index (χ2v) is 5.99. The molecule has 5 nitrogen and oxygen atoms in total. The van der Waals surface area contributed by atoms with E-state index in [1.165, 1.54) is 0 Å². The van der Waals surface area contributed by atoms with Gasteiger partial charge in [-0.05, 0) is 19.3 Å². The molecular weight excluding hydrogens is 216 g/mol. The van der Waals surface area contributed by atoms with E-state index < -0.39 is 10.0 Å². The van der Waals surface area contributed by atoms with Crippen LogP contribution in [0.2, 0.25) is 0 Å². The van der Waals surface area contributed by atoms with E-state index in [1.807, 2.05) is 6.07 Å². The lowest BCUT2D eigenvalue weighted by atomic mass is 10.1. The van der Waals surface area contributed by atoms with Crippen molar-refractivity contribution in [2.24, 2.45) is 5.41 Å². The number of nitriles is 1. The van der Waals surface area contributed by atoms with Crippen molar-refractivity contribution in [1.29, 1.82) is 5.26 Å². The standard InChI is InChI=1S/C9H16N2O3S/c10-5-1-2-6-15(13,14)11-7-9(8-12)3-4-9/h11-12H,1-4,6-8H2. The van der Waals surface area contributed by atoms with Crippen LogP contribution in [0.25, 0.3) is 0 Å². The zero-order valence-electron chi connectivity index (χ0n) is 8.57. The number of hydrogen-bond donors (Lipinski definition) is 2. The van der Waals surface area contributed by atoms with Gasteiger partial charge in [0.05, 0.1) is 11.8 Å². The summed E-state index contributed by atoms with van der Waals surface area (Å²) in [5, 5.41) is 17.3. The maximum atomic E-state index is 11.4. The van der Waals surface area contributed by atoms with Crippen LogP contribution in [0.1, 0.15) is 25.7 Å².